The van der Waals surface area contributed by atoms with E-state index in [-0.39, 0.29) is 30.0 Å². The van der Waals surface area contributed by atoms with E-state index in [1.165, 1.54) is 22.0 Å². The van der Waals surface area contributed by atoms with Crippen LogP contribution < -0.4 is 15.2 Å². The maximum Gasteiger partial charge on any atom is 0.354 e. The molecular weight excluding hydrogens is 370 g/mol. The Balaban J connectivity index is 1.46. The van der Waals surface area contributed by atoms with Crippen molar-refractivity contribution < 1.29 is 18.8 Å². The fourth-order valence-corrected chi connectivity index (χ4v) is 4.82. The molecule has 0 spiro atoms. The number of nitrogens with zero attached hydrogens (tertiary/aromatic N) is 3. The van der Waals surface area contributed by atoms with Gasteiger partial charge in [-0.15, -0.1) is 4.36 Å². The minimum Gasteiger partial charge on any atom is -0.475 e. The molecular formula is C17H19N5O4S. The first-order valence-corrected chi connectivity index (χ1v) is 10.4. The maximum absolute atomic E-state index is 12.9. The lowest BCUT2D eigenvalue weighted by molar-refractivity contribution is 0.206. The summed E-state index contributed by atoms with van der Waals surface area (Å²) in [6.07, 6.45) is 5.15. The average molecular weight is 389 g/mol. The van der Waals surface area contributed by atoms with Crippen LogP contribution in [0.25, 0.3) is 0 Å². The van der Waals surface area contributed by atoms with E-state index in [2.05, 4.69) is 20.8 Å². The zero-order chi connectivity index (χ0) is 18.8. The Morgan fingerprint density at radius 1 is 1.37 bits per heavy atom. The Labute approximate surface area is 155 Å². The quantitative estimate of drug-likeness (QED) is 0.719. The number of urea groups is 1. The number of amides is 2. The number of carbonyl (C=O) groups excluding carboxylic acids is 1. The molecule has 5 rings (SSSR count). The SMILES string of the molecule is NS(=O)(=NC(=O)Nc1c2c(cc3c1CC3)CC2)c1cnn2c1OC[C@@H]2CO. The molecule has 1 aromatic heterocycles. The van der Waals surface area contributed by atoms with Crippen LogP contribution in [0, 0.1) is 0 Å². The number of rotatable bonds is 3. The molecule has 10 heteroatoms. The van der Waals surface area contributed by atoms with Crippen LogP contribution in [0.4, 0.5) is 10.5 Å². The van der Waals surface area contributed by atoms with Crippen molar-refractivity contribution >= 4 is 21.6 Å². The van der Waals surface area contributed by atoms with Crippen LogP contribution in [0.15, 0.2) is 21.5 Å². The predicted molar refractivity (Wildman–Crippen MR) is 97.1 cm³/mol. The minimum absolute atomic E-state index is 0.0580. The van der Waals surface area contributed by atoms with Crippen LogP contribution in [0.3, 0.4) is 0 Å². The molecule has 0 bridgehead atoms. The smallest absolute Gasteiger partial charge is 0.354 e. The highest BCUT2D eigenvalue weighted by atomic mass is 32.2. The van der Waals surface area contributed by atoms with E-state index in [4.69, 9.17) is 9.88 Å². The monoisotopic (exact) mass is 389 g/mol. The standard InChI is InChI=1S/C17H19N5O4S/c18-27(25,14-6-19-22-11(7-23)8-26-16(14)22)21-17(24)20-15-12-3-1-9(12)5-10-2-4-13(10)15/h5-6,11,23H,1-4,7-8H2,(H3,18,20,21,24,25)/t11-,27?/m0/s1. The molecule has 3 aliphatic rings. The van der Waals surface area contributed by atoms with E-state index < -0.39 is 15.9 Å². The van der Waals surface area contributed by atoms with E-state index in [1.807, 2.05) is 0 Å². The van der Waals surface area contributed by atoms with Gasteiger partial charge in [-0.1, -0.05) is 6.07 Å². The van der Waals surface area contributed by atoms with Crippen molar-refractivity contribution in [1.29, 1.82) is 0 Å². The summed E-state index contributed by atoms with van der Waals surface area (Å²) in [6.45, 7) is 0.0401. The third-order valence-electron chi connectivity index (χ3n) is 5.47. The van der Waals surface area contributed by atoms with E-state index >= 15 is 0 Å². The number of fused-ring (bicyclic) bond motifs is 3. The Hall–Kier alpha value is -2.43. The molecule has 0 fully saturated rings. The molecule has 2 atom stereocenters. The number of aliphatic hydroxyl groups excluding tert-OH is 1. The van der Waals surface area contributed by atoms with E-state index in [0.717, 1.165) is 42.5 Å². The lowest BCUT2D eigenvalue weighted by Gasteiger charge is -2.31. The summed E-state index contributed by atoms with van der Waals surface area (Å²) in [7, 11) is -3.53. The first kappa shape index (κ1) is 16.7. The van der Waals surface area contributed by atoms with Gasteiger partial charge in [0.15, 0.2) is 9.92 Å². The minimum atomic E-state index is -3.53. The normalized spacial score (nSPS) is 20.9. The van der Waals surface area contributed by atoms with Gasteiger partial charge in [-0.3, -0.25) is 0 Å². The van der Waals surface area contributed by atoms with Crippen molar-refractivity contribution in [3.63, 3.8) is 0 Å². The second-order valence-electron chi connectivity index (χ2n) is 7.02. The molecule has 4 N–H and O–H groups in total. The van der Waals surface area contributed by atoms with Gasteiger partial charge in [0.1, 0.15) is 17.5 Å². The van der Waals surface area contributed by atoms with Gasteiger partial charge in [-0.25, -0.2) is 18.8 Å². The summed E-state index contributed by atoms with van der Waals surface area (Å²) in [6, 6.07) is 1.11. The number of aliphatic hydroxyl groups is 1. The first-order valence-electron chi connectivity index (χ1n) is 8.81. The van der Waals surface area contributed by atoms with Crippen molar-refractivity contribution in [2.24, 2.45) is 9.50 Å². The Morgan fingerprint density at radius 2 is 2.07 bits per heavy atom. The number of anilines is 1. The molecule has 0 saturated carbocycles. The number of carbonyl (C=O) groups is 1. The Kier molecular flexibility index (Phi) is 3.58. The molecule has 0 radical (unpaired) electrons. The van der Waals surface area contributed by atoms with Crippen molar-refractivity contribution in [3.8, 4) is 5.88 Å². The molecule has 2 heterocycles. The highest BCUT2D eigenvalue weighted by molar-refractivity contribution is 7.91. The Morgan fingerprint density at radius 3 is 2.67 bits per heavy atom. The number of hydrogen-bond donors (Lipinski definition) is 3. The lowest BCUT2D eigenvalue weighted by Crippen LogP contribution is -2.24. The molecule has 2 aliphatic carbocycles. The van der Waals surface area contributed by atoms with Crippen LogP contribution in [0.2, 0.25) is 0 Å². The van der Waals surface area contributed by atoms with Gasteiger partial charge >= 0.3 is 6.03 Å². The predicted octanol–water partition coefficient (Wildman–Crippen LogP) is 0.939. The van der Waals surface area contributed by atoms with Gasteiger partial charge in [0, 0.05) is 5.69 Å². The third kappa shape index (κ3) is 2.47. The van der Waals surface area contributed by atoms with Crippen LogP contribution in [0.1, 0.15) is 28.3 Å². The number of hydrogen-bond acceptors (Lipinski definition) is 5. The summed E-state index contributed by atoms with van der Waals surface area (Å²) in [5.74, 6) is 0.186. The fourth-order valence-electron chi connectivity index (χ4n) is 3.83. The largest absolute Gasteiger partial charge is 0.475 e. The molecule has 1 aliphatic heterocycles. The second-order valence-corrected chi connectivity index (χ2v) is 8.78. The number of nitrogens with one attached hydrogen (secondary N) is 1. The van der Waals surface area contributed by atoms with Crippen molar-refractivity contribution in [3.05, 3.63) is 34.5 Å². The average Bonchev–Trinajstić information content (AvgIpc) is 3.12. The summed E-state index contributed by atoms with van der Waals surface area (Å²) >= 11 is 0. The molecule has 2 amide bonds. The van der Waals surface area contributed by atoms with Crippen molar-refractivity contribution in [2.45, 2.75) is 36.6 Å². The first-order chi connectivity index (χ1) is 13.0. The second kappa shape index (κ2) is 5.78. The Bertz CT molecular complexity index is 1070. The number of aryl methyl sites for hydroxylation is 2. The highest BCUT2D eigenvalue weighted by Crippen LogP contribution is 2.41. The van der Waals surface area contributed by atoms with Crippen LogP contribution in [-0.4, -0.2) is 38.3 Å². The maximum atomic E-state index is 12.9. The number of aromatic nitrogens is 2. The summed E-state index contributed by atoms with van der Waals surface area (Å²) in [5, 5.41) is 22.0. The zero-order valence-electron chi connectivity index (χ0n) is 14.5. The molecule has 1 aromatic carbocycles. The summed E-state index contributed by atoms with van der Waals surface area (Å²) in [5.41, 5.74) is 5.60. The van der Waals surface area contributed by atoms with Gasteiger partial charge in [-0.2, -0.15) is 5.10 Å². The van der Waals surface area contributed by atoms with E-state index in [1.54, 1.807) is 0 Å². The fraction of sp³-hybridized carbons (Fsp3) is 0.412. The van der Waals surface area contributed by atoms with E-state index in [9.17, 15) is 14.1 Å². The van der Waals surface area contributed by atoms with Crippen LogP contribution in [0.5, 0.6) is 5.88 Å². The van der Waals surface area contributed by atoms with Crippen molar-refractivity contribution in [1.82, 2.24) is 9.78 Å². The number of nitrogens with two attached hydrogens (primary N) is 1. The zero-order valence-corrected chi connectivity index (χ0v) is 15.3. The van der Waals surface area contributed by atoms with Gasteiger partial charge in [0.05, 0.1) is 12.8 Å². The third-order valence-corrected chi connectivity index (χ3v) is 6.82. The lowest BCUT2D eigenvalue weighted by atomic mass is 9.76. The summed E-state index contributed by atoms with van der Waals surface area (Å²) < 4.78 is 23.5. The number of benzene rings is 1. The molecule has 27 heavy (non-hydrogen) atoms. The number of ether oxygens (including phenoxy) is 1. The van der Waals surface area contributed by atoms with Gasteiger partial charge in [-0.05, 0) is 47.9 Å². The van der Waals surface area contributed by atoms with Crippen LogP contribution in [-0.2, 0) is 35.6 Å². The van der Waals surface area contributed by atoms with E-state index in [0.29, 0.717) is 0 Å². The molecule has 1 unspecified atom stereocenters. The van der Waals surface area contributed by atoms with Gasteiger partial charge in [0.2, 0.25) is 5.88 Å². The van der Waals surface area contributed by atoms with Gasteiger partial charge in [0.25, 0.3) is 0 Å². The molecule has 9 nitrogen and oxygen atoms in total. The summed E-state index contributed by atoms with van der Waals surface area (Å²) in [4.78, 5) is 12.5. The molecule has 142 valence electrons. The topological polar surface area (TPSA) is 132 Å². The molecule has 2 aromatic rings. The van der Waals surface area contributed by atoms with Crippen molar-refractivity contribution in [2.75, 3.05) is 18.5 Å². The highest BCUT2D eigenvalue weighted by Gasteiger charge is 2.32. The van der Waals surface area contributed by atoms with Crippen LogP contribution >= 0.6 is 0 Å². The van der Waals surface area contributed by atoms with Gasteiger partial charge < -0.3 is 15.2 Å². The molecule has 0 saturated heterocycles.